The molecule has 1 aromatic carbocycles. The number of hydrogen-bond acceptors (Lipinski definition) is 3. The molecule has 0 saturated heterocycles. The molecule has 98 valence electrons. The number of carbonyl (C=O) groups excluding carboxylic acids is 2. The van der Waals surface area contributed by atoms with Gasteiger partial charge in [0, 0.05) is 11.6 Å². The van der Waals surface area contributed by atoms with Gasteiger partial charge in [-0.1, -0.05) is 19.9 Å². The van der Waals surface area contributed by atoms with Crippen molar-refractivity contribution in [1.82, 2.24) is 0 Å². The molecule has 0 spiro atoms. The van der Waals surface area contributed by atoms with Gasteiger partial charge >= 0.3 is 5.97 Å². The van der Waals surface area contributed by atoms with E-state index in [1.165, 1.54) is 7.11 Å². The van der Waals surface area contributed by atoms with Crippen molar-refractivity contribution in [3.8, 4) is 0 Å². The van der Waals surface area contributed by atoms with Crippen LogP contribution < -0.4 is 5.32 Å². The zero-order valence-electron chi connectivity index (χ0n) is 11.2. The van der Waals surface area contributed by atoms with Crippen LogP contribution in [-0.2, 0) is 9.53 Å². The summed E-state index contributed by atoms with van der Waals surface area (Å²) in [6.45, 7) is 5.62. The molecular weight excluding hydrogens is 230 g/mol. The first-order valence-electron chi connectivity index (χ1n) is 6.00. The van der Waals surface area contributed by atoms with Gasteiger partial charge in [0.25, 0.3) is 0 Å². The number of methoxy groups -OCH3 is 1. The fraction of sp³-hybridized carbons (Fsp3) is 0.429. The van der Waals surface area contributed by atoms with Crippen molar-refractivity contribution < 1.29 is 14.3 Å². The van der Waals surface area contributed by atoms with Gasteiger partial charge in [-0.05, 0) is 31.0 Å². The van der Waals surface area contributed by atoms with E-state index in [9.17, 15) is 9.59 Å². The molecule has 0 saturated carbocycles. The maximum atomic E-state index is 11.8. The number of rotatable bonds is 4. The second-order valence-corrected chi connectivity index (χ2v) is 4.27. The Kier molecular flexibility index (Phi) is 4.89. The summed E-state index contributed by atoms with van der Waals surface area (Å²) in [5.74, 6) is -0.485. The topological polar surface area (TPSA) is 55.4 Å². The van der Waals surface area contributed by atoms with E-state index >= 15 is 0 Å². The fourth-order valence-electron chi connectivity index (χ4n) is 1.54. The van der Waals surface area contributed by atoms with E-state index in [1.54, 1.807) is 25.1 Å². The van der Waals surface area contributed by atoms with Gasteiger partial charge in [-0.15, -0.1) is 0 Å². The van der Waals surface area contributed by atoms with Crippen LogP contribution in [0.2, 0.25) is 0 Å². The molecule has 0 aliphatic rings. The van der Waals surface area contributed by atoms with Crippen molar-refractivity contribution >= 4 is 17.6 Å². The van der Waals surface area contributed by atoms with E-state index in [-0.39, 0.29) is 11.8 Å². The Morgan fingerprint density at radius 3 is 2.61 bits per heavy atom. The summed E-state index contributed by atoms with van der Waals surface area (Å²) >= 11 is 0. The Bertz CT molecular complexity index is 454. The summed E-state index contributed by atoms with van der Waals surface area (Å²) in [5, 5.41) is 2.83. The van der Waals surface area contributed by atoms with E-state index in [4.69, 9.17) is 4.74 Å². The zero-order chi connectivity index (χ0) is 13.7. The molecule has 0 aliphatic carbocycles. The van der Waals surface area contributed by atoms with E-state index < -0.39 is 5.97 Å². The van der Waals surface area contributed by atoms with Crippen molar-refractivity contribution in [2.24, 2.45) is 5.92 Å². The average molecular weight is 249 g/mol. The maximum absolute atomic E-state index is 11.8. The van der Waals surface area contributed by atoms with E-state index in [0.717, 1.165) is 12.0 Å². The second kappa shape index (κ2) is 6.19. The van der Waals surface area contributed by atoms with Gasteiger partial charge in [0.1, 0.15) is 0 Å². The molecule has 0 aromatic heterocycles. The molecule has 18 heavy (non-hydrogen) atoms. The quantitative estimate of drug-likeness (QED) is 0.835. The summed E-state index contributed by atoms with van der Waals surface area (Å²) in [6, 6.07) is 5.19. The first kappa shape index (κ1) is 14.2. The number of hydrogen-bond donors (Lipinski definition) is 1. The SMILES string of the molecule is CCC(C)C(=O)Nc1cccc(C(=O)OC)c1C. The number of amides is 1. The maximum Gasteiger partial charge on any atom is 0.338 e. The van der Waals surface area contributed by atoms with Gasteiger partial charge in [0.15, 0.2) is 0 Å². The largest absolute Gasteiger partial charge is 0.465 e. The lowest BCUT2D eigenvalue weighted by molar-refractivity contribution is -0.119. The normalized spacial score (nSPS) is 11.8. The molecule has 1 unspecified atom stereocenters. The highest BCUT2D eigenvalue weighted by Crippen LogP contribution is 2.20. The molecule has 1 aromatic rings. The van der Waals surface area contributed by atoms with Gasteiger partial charge in [-0.3, -0.25) is 4.79 Å². The second-order valence-electron chi connectivity index (χ2n) is 4.27. The van der Waals surface area contributed by atoms with Crippen LogP contribution in [0.5, 0.6) is 0 Å². The Labute approximate surface area is 107 Å². The molecule has 4 nitrogen and oxygen atoms in total. The molecule has 1 atom stereocenters. The lowest BCUT2D eigenvalue weighted by Gasteiger charge is -2.13. The summed E-state index contributed by atoms with van der Waals surface area (Å²) in [7, 11) is 1.34. The zero-order valence-corrected chi connectivity index (χ0v) is 11.2. The Hall–Kier alpha value is -1.84. The molecule has 0 radical (unpaired) electrons. The monoisotopic (exact) mass is 249 g/mol. The van der Waals surface area contributed by atoms with E-state index in [2.05, 4.69) is 5.32 Å². The third kappa shape index (κ3) is 3.09. The van der Waals surface area contributed by atoms with Crippen molar-refractivity contribution in [3.63, 3.8) is 0 Å². The average Bonchev–Trinajstić information content (AvgIpc) is 2.39. The van der Waals surface area contributed by atoms with Crippen LogP contribution >= 0.6 is 0 Å². The Morgan fingerprint density at radius 2 is 2.06 bits per heavy atom. The molecule has 0 aliphatic heterocycles. The van der Waals surface area contributed by atoms with Crippen LogP contribution in [0.3, 0.4) is 0 Å². The molecule has 0 heterocycles. The number of esters is 1. The van der Waals surface area contributed by atoms with Gasteiger partial charge in [0.2, 0.25) is 5.91 Å². The van der Waals surface area contributed by atoms with Crippen LogP contribution in [0, 0.1) is 12.8 Å². The minimum Gasteiger partial charge on any atom is -0.465 e. The van der Waals surface area contributed by atoms with Crippen LogP contribution in [0.25, 0.3) is 0 Å². The summed E-state index contributed by atoms with van der Waals surface area (Å²) in [4.78, 5) is 23.3. The highest BCUT2D eigenvalue weighted by molar-refractivity contribution is 5.97. The lowest BCUT2D eigenvalue weighted by Crippen LogP contribution is -2.20. The minimum atomic E-state index is -0.396. The first-order valence-corrected chi connectivity index (χ1v) is 6.00. The van der Waals surface area contributed by atoms with Crippen molar-refractivity contribution in [3.05, 3.63) is 29.3 Å². The van der Waals surface area contributed by atoms with Crippen molar-refractivity contribution in [2.75, 3.05) is 12.4 Å². The molecule has 0 bridgehead atoms. The van der Waals surface area contributed by atoms with Gasteiger partial charge in [-0.25, -0.2) is 4.79 Å². The third-order valence-corrected chi connectivity index (χ3v) is 3.06. The van der Waals surface area contributed by atoms with Gasteiger partial charge in [-0.2, -0.15) is 0 Å². The molecule has 1 amide bonds. The predicted octanol–water partition coefficient (Wildman–Crippen LogP) is 2.77. The lowest BCUT2D eigenvalue weighted by atomic mass is 10.0. The number of benzene rings is 1. The predicted molar refractivity (Wildman–Crippen MR) is 70.6 cm³/mol. The number of ether oxygens (including phenoxy) is 1. The van der Waals surface area contributed by atoms with E-state index in [1.807, 2.05) is 13.8 Å². The molecule has 1 rings (SSSR count). The van der Waals surface area contributed by atoms with Crippen LogP contribution in [0.15, 0.2) is 18.2 Å². The number of nitrogens with one attached hydrogen (secondary N) is 1. The Balaban J connectivity index is 2.98. The third-order valence-electron chi connectivity index (χ3n) is 3.06. The minimum absolute atomic E-state index is 0.0392. The summed E-state index contributed by atoms with van der Waals surface area (Å²) in [6.07, 6.45) is 0.779. The van der Waals surface area contributed by atoms with Crippen molar-refractivity contribution in [2.45, 2.75) is 27.2 Å². The van der Waals surface area contributed by atoms with Crippen LogP contribution in [0.1, 0.15) is 36.2 Å². The van der Waals surface area contributed by atoms with Gasteiger partial charge < -0.3 is 10.1 Å². The summed E-state index contributed by atoms with van der Waals surface area (Å²) < 4.78 is 4.69. The molecular formula is C14H19NO3. The molecule has 1 N–H and O–H groups in total. The first-order chi connectivity index (χ1) is 8.51. The fourth-order valence-corrected chi connectivity index (χ4v) is 1.54. The Morgan fingerprint density at radius 1 is 1.39 bits per heavy atom. The van der Waals surface area contributed by atoms with Gasteiger partial charge in [0.05, 0.1) is 12.7 Å². The molecule has 0 fully saturated rings. The summed E-state index contributed by atoms with van der Waals surface area (Å²) in [5.41, 5.74) is 1.85. The number of carbonyl (C=O) groups is 2. The van der Waals surface area contributed by atoms with Crippen LogP contribution in [0.4, 0.5) is 5.69 Å². The van der Waals surface area contributed by atoms with Crippen molar-refractivity contribution in [1.29, 1.82) is 0 Å². The highest BCUT2D eigenvalue weighted by atomic mass is 16.5. The number of anilines is 1. The standard InChI is InChI=1S/C14H19NO3/c1-5-9(2)13(16)15-12-8-6-7-11(10(12)3)14(17)18-4/h6-9H,5H2,1-4H3,(H,15,16). The molecule has 4 heteroatoms. The van der Waals surface area contributed by atoms with E-state index in [0.29, 0.717) is 11.3 Å². The highest BCUT2D eigenvalue weighted by Gasteiger charge is 2.15. The smallest absolute Gasteiger partial charge is 0.338 e. The van der Waals surface area contributed by atoms with Crippen LogP contribution in [-0.4, -0.2) is 19.0 Å².